The first-order valence-electron chi connectivity index (χ1n) is 5.95. The standard InChI is InChI=1S/C14H15N3O2/c1-2-19-13-8-7-10-5-3-4-6-11(10)12(13)9-16-17-14(15)18/h3-9H,2H2,1H3,(H3,15,17,18)/b16-9-. The summed E-state index contributed by atoms with van der Waals surface area (Å²) in [6.45, 7) is 2.47. The molecular formula is C14H15N3O2. The molecule has 19 heavy (non-hydrogen) atoms. The van der Waals surface area contributed by atoms with E-state index in [0.29, 0.717) is 6.61 Å². The van der Waals surface area contributed by atoms with Gasteiger partial charge in [-0.25, -0.2) is 10.2 Å². The minimum absolute atomic E-state index is 0.558. The number of nitrogens with one attached hydrogen (secondary N) is 1. The van der Waals surface area contributed by atoms with Gasteiger partial charge in [-0.05, 0) is 23.8 Å². The fraction of sp³-hybridized carbons (Fsp3) is 0.143. The highest BCUT2D eigenvalue weighted by molar-refractivity contribution is 6.02. The van der Waals surface area contributed by atoms with Crippen molar-refractivity contribution >= 4 is 23.0 Å². The molecule has 0 unspecified atom stereocenters. The molecule has 2 rings (SSSR count). The second kappa shape index (κ2) is 5.86. The van der Waals surface area contributed by atoms with E-state index in [1.807, 2.05) is 43.3 Å². The van der Waals surface area contributed by atoms with E-state index in [2.05, 4.69) is 10.5 Å². The van der Waals surface area contributed by atoms with Crippen molar-refractivity contribution < 1.29 is 9.53 Å². The number of carbonyl (C=O) groups excluding carboxylic acids is 1. The molecule has 5 heteroatoms. The molecule has 5 nitrogen and oxygen atoms in total. The van der Waals surface area contributed by atoms with E-state index in [-0.39, 0.29) is 0 Å². The van der Waals surface area contributed by atoms with Crippen LogP contribution in [0.3, 0.4) is 0 Å². The summed E-state index contributed by atoms with van der Waals surface area (Å²) < 4.78 is 5.57. The molecular weight excluding hydrogens is 242 g/mol. The lowest BCUT2D eigenvalue weighted by atomic mass is 10.0. The van der Waals surface area contributed by atoms with Crippen LogP contribution in [0.15, 0.2) is 41.5 Å². The number of nitrogens with two attached hydrogens (primary N) is 1. The molecule has 2 amide bonds. The smallest absolute Gasteiger partial charge is 0.332 e. The minimum atomic E-state index is -0.700. The van der Waals surface area contributed by atoms with E-state index in [9.17, 15) is 4.79 Å². The van der Waals surface area contributed by atoms with Crippen molar-refractivity contribution in [2.45, 2.75) is 6.92 Å². The van der Waals surface area contributed by atoms with Crippen molar-refractivity contribution in [3.05, 3.63) is 42.0 Å². The number of fused-ring (bicyclic) bond motifs is 1. The van der Waals surface area contributed by atoms with Gasteiger partial charge in [0.25, 0.3) is 0 Å². The predicted molar refractivity (Wildman–Crippen MR) is 75.4 cm³/mol. The first-order chi connectivity index (χ1) is 9.22. The molecule has 0 bridgehead atoms. The normalized spacial score (nSPS) is 10.8. The first kappa shape index (κ1) is 12.9. The van der Waals surface area contributed by atoms with Crippen LogP contribution in [0.2, 0.25) is 0 Å². The van der Waals surface area contributed by atoms with Crippen molar-refractivity contribution in [2.75, 3.05) is 6.61 Å². The van der Waals surface area contributed by atoms with E-state index < -0.39 is 6.03 Å². The highest BCUT2D eigenvalue weighted by Gasteiger charge is 2.06. The predicted octanol–water partition coefficient (Wildman–Crippen LogP) is 2.24. The number of nitrogens with zero attached hydrogens (tertiary/aromatic N) is 1. The highest BCUT2D eigenvalue weighted by Crippen LogP contribution is 2.26. The molecule has 0 spiro atoms. The van der Waals surface area contributed by atoms with E-state index in [1.165, 1.54) is 6.21 Å². The van der Waals surface area contributed by atoms with Gasteiger partial charge in [0, 0.05) is 5.56 Å². The zero-order chi connectivity index (χ0) is 13.7. The molecule has 0 aromatic heterocycles. The van der Waals surface area contributed by atoms with Crippen molar-refractivity contribution in [1.29, 1.82) is 0 Å². The lowest BCUT2D eigenvalue weighted by Gasteiger charge is -2.09. The molecule has 0 fully saturated rings. The van der Waals surface area contributed by atoms with Gasteiger partial charge in [-0.3, -0.25) is 0 Å². The summed E-state index contributed by atoms with van der Waals surface area (Å²) in [5.41, 5.74) is 7.97. The molecule has 0 saturated carbocycles. The summed E-state index contributed by atoms with van der Waals surface area (Å²) in [5.74, 6) is 0.719. The first-order valence-corrected chi connectivity index (χ1v) is 5.95. The topological polar surface area (TPSA) is 76.7 Å². The fourth-order valence-corrected chi connectivity index (χ4v) is 1.85. The molecule has 0 saturated heterocycles. The van der Waals surface area contributed by atoms with E-state index in [0.717, 1.165) is 22.1 Å². The quantitative estimate of drug-likeness (QED) is 0.651. The zero-order valence-corrected chi connectivity index (χ0v) is 10.6. The number of hydrogen-bond donors (Lipinski definition) is 2. The van der Waals surface area contributed by atoms with Crippen molar-refractivity contribution in [1.82, 2.24) is 5.43 Å². The molecule has 0 aliphatic rings. The third kappa shape index (κ3) is 3.01. The van der Waals surface area contributed by atoms with Crippen LogP contribution in [0.5, 0.6) is 5.75 Å². The average molecular weight is 257 g/mol. The molecule has 3 N–H and O–H groups in total. The summed E-state index contributed by atoms with van der Waals surface area (Å²) >= 11 is 0. The maximum atomic E-state index is 10.6. The van der Waals surface area contributed by atoms with Gasteiger partial charge >= 0.3 is 6.03 Å². The van der Waals surface area contributed by atoms with Crippen LogP contribution in [-0.4, -0.2) is 18.9 Å². The second-order valence-corrected chi connectivity index (χ2v) is 3.87. The number of ether oxygens (including phenoxy) is 1. The average Bonchev–Trinajstić information content (AvgIpc) is 2.40. The monoisotopic (exact) mass is 257 g/mol. The molecule has 0 heterocycles. The Hall–Kier alpha value is -2.56. The van der Waals surface area contributed by atoms with E-state index in [4.69, 9.17) is 10.5 Å². The van der Waals surface area contributed by atoms with Gasteiger partial charge in [0.05, 0.1) is 12.8 Å². The highest BCUT2D eigenvalue weighted by atomic mass is 16.5. The molecule has 2 aromatic carbocycles. The Morgan fingerprint density at radius 1 is 1.37 bits per heavy atom. The van der Waals surface area contributed by atoms with Crippen molar-refractivity contribution in [3.8, 4) is 5.75 Å². The van der Waals surface area contributed by atoms with Gasteiger partial charge in [0.2, 0.25) is 0 Å². The fourth-order valence-electron chi connectivity index (χ4n) is 1.85. The summed E-state index contributed by atoms with van der Waals surface area (Å²) in [5, 5.41) is 5.88. The Morgan fingerprint density at radius 3 is 2.89 bits per heavy atom. The van der Waals surface area contributed by atoms with Gasteiger partial charge in [-0.15, -0.1) is 0 Å². The largest absolute Gasteiger partial charge is 0.493 e. The number of urea groups is 1. The van der Waals surface area contributed by atoms with Crippen LogP contribution in [-0.2, 0) is 0 Å². The third-order valence-electron chi connectivity index (χ3n) is 2.60. The molecule has 98 valence electrons. The van der Waals surface area contributed by atoms with E-state index in [1.54, 1.807) is 0 Å². The maximum Gasteiger partial charge on any atom is 0.332 e. The van der Waals surface area contributed by atoms with Gasteiger partial charge in [-0.1, -0.05) is 30.3 Å². The second-order valence-electron chi connectivity index (χ2n) is 3.87. The van der Waals surface area contributed by atoms with Crippen LogP contribution in [0.1, 0.15) is 12.5 Å². The molecule has 0 radical (unpaired) electrons. The summed E-state index contributed by atoms with van der Waals surface area (Å²) in [6, 6.07) is 11.1. The number of primary amides is 1. The number of carbonyl (C=O) groups is 1. The molecule has 2 aromatic rings. The summed E-state index contributed by atoms with van der Waals surface area (Å²) in [4.78, 5) is 10.6. The van der Waals surface area contributed by atoms with Crippen LogP contribution < -0.4 is 15.9 Å². The number of rotatable bonds is 4. The lowest BCUT2D eigenvalue weighted by molar-refractivity contribution is 0.249. The van der Waals surface area contributed by atoms with Gasteiger partial charge in [-0.2, -0.15) is 5.10 Å². The van der Waals surface area contributed by atoms with E-state index >= 15 is 0 Å². The Morgan fingerprint density at radius 2 is 2.16 bits per heavy atom. The molecule has 0 aliphatic heterocycles. The zero-order valence-electron chi connectivity index (χ0n) is 10.6. The number of hydrazone groups is 1. The summed E-state index contributed by atoms with van der Waals surface area (Å²) in [7, 11) is 0. The SMILES string of the molecule is CCOc1ccc2ccccc2c1/C=N\NC(N)=O. The van der Waals surface area contributed by atoms with Crippen LogP contribution in [0, 0.1) is 0 Å². The van der Waals surface area contributed by atoms with Gasteiger partial charge in [0.15, 0.2) is 0 Å². The number of amides is 2. The number of benzene rings is 2. The Kier molecular flexibility index (Phi) is 3.97. The number of hydrogen-bond acceptors (Lipinski definition) is 3. The van der Waals surface area contributed by atoms with Crippen LogP contribution in [0.25, 0.3) is 10.8 Å². The van der Waals surface area contributed by atoms with Crippen LogP contribution in [0.4, 0.5) is 4.79 Å². The van der Waals surface area contributed by atoms with Crippen molar-refractivity contribution in [3.63, 3.8) is 0 Å². The Labute approximate surface area is 111 Å². The van der Waals surface area contributed by atoms with Gasteiger partial charge in [0.1, 0.15) is 5.75 Å². The molecule has 0 aliphatic carbocycles. The van der Waals surface area contributed by atoms with Crippen LogP contribution >= 0.6 is 0 Å². The van der Waals surface area contributed by atoms with Gasteiger partial charge < -0.3 is 10.5 Å². The lowest BCUT2D eigenvalue weighted by Crippen LogP contribution is -2.24. The summed E-state index contributed by atoms with van der Waals surface area (Å²) in [6.07, 6.45) is 1.54. The third-order valence-corrected chi connectivity index (χ3v) is 2.60. The Bertz CT molecular complexity index is 623. The van der Waals surface area contributed by atoms with Crippen molar-refractivity contribution in [2.24, 2.45) is 10.8 Å². The minimum Gasteiger partial charge on any atom is -0.493 e. The molecule has 0 atom stereocenters. The maximum absolute atomic E-state index is 10.6. The Balaban J connectivity index is 2.49.